The van der Waals surface area contributed by atoms with Gasteiger partial charge >= 0.3 is 0 Å². The Morgan fingerprint density at radius 3 is 2.53 bits per heavy atom. The Labute approximate surface area is 178 Å². The first-order valence-electron chi connectivity index (χ1n) is 9.40. The zero-order valence-corrected chi connectivity index (χ0v) is 17.7. The molecule has 0 saturated carbocycles. The summed E-state index contributed by atoms with van der Waals surface area (Å²) in [6.45, 7) is 5.77. The minimum Gasteiger partial charge on any atom is -0.349 e. The van der Waals surface area contributed by atoms with Crippen LogP contribution in [0.4, 0.5) is 10.1 Å². The number of carbonyl (C=O) groups is 2. The van der Waals surface area contributed by atoms with E-state index in [0.29, 0.717) is 17.7 Å². The van der Waals surface area contributed by atoms with Crippen LogP contribution in [-0.4, -0.2) is 31.9 Å². The molecule has 30 heavy (non-hydrogen) atoms. The van der Waals surface area contributed by atoms with Crippen LogP contribution in [0.5, 0.6) is 0 Å². The Morgan fingerprint density at radius 2 is 1.97 bits per heavy atom. The molecule has 1 aromatic carbocycles. The Morgan fingerprint density at radius 1 is 1.23 bits per heavy atom. The molecular weight excluding hydrogens is 405 g/mol. The molecule has 0 fully saturated rings. The van der Waals surface area contributed by atoms with E-state index >= 15 is 0 Å². The molecule has 7 nitrogen and oxygen atoms in total. The molecule has 156 valence electrons. The van der Waals surface area contributed by atoms with E-state index < -0.39 is 23.3 Å². The summed E-state index contributed by atoms with van der Waals surface area (Å²) in [5.74, 6) is -1.35. The van der Waals surface area contributed by atoms with Crippen molar-refractivity contribution in [1.29, 1.82) is 0 Å². The van der Waals surface area contributed by atoms with Crippen molar-refractivity contribution in [2.24, 2.45) is 0 Å². The van der Waals surface area contributed by atoms with Crippen molar-refractivity contribution in [2.75, 3.05) is 4.90 Å². The van der Waals surface area contributed by atoms with Gasteiger partial charge in [0.05, 0.1) is 0 Å². The van der Waals surface area contributed by atoms with Gasteiger partial charge in [-0.2, -0.15) is 0 Å². The Balaban J connectivity index is 2.14. The van der Waals surface area contributed by atoms with Crippen LogP contribution < -0.4 is 10.2 Å². The number of hydrogen-bond acceptors (Lipinski definition) is 6. The number of halogens is 1. The van der Waals surface area contributed by atoms with Crippen molar-refractivity contribution < 1.29 is 14.0 Å². The SMILES string of the molecule is CCC(C)(C)NC(=O)[C@H](c1cccnc1)N(C(=O)c1csnn1)c1ccc(F)cc1. The molecule has 1 atom stereocenters. The van der Waals surface area contributed by atoms with Gasteiger partial charge in [0, 0.05) is 34.6 Å². The van der Waals surface area contributed by atoms with Crippen molar-refractivity contribution >= 4 is 29.0 Å². The van der Waals surface area contributed by atoms with Gasteiger partial charge in [0.25, 0.3) is 5.91 Å². The molecule has 0 aliphatic heterocycles. The van der Waals surface area contributed by atoms with Crippen LogP contribution in [0, 0.1) is 5.82 Å². The summed E-state index contributed by atoms with van der Waals surface area (Å²) in [6, 6.07) is 7.76. The van der Waals surface area contributed by atoms with Crippen LogP contribution in [0.25, 0.3) is 0 Å². The lowest BCUT2D eigenvalue weighted by Gasteiger charge is -2.34. The molecule has 0 radical (unpaired) electrons. The van der Waals surface area contributed by atoms with Gasteiger partial charge in [-0.1, -0.05) is 17.5 Å². The number of nitrogens with one attached hydrogen (secondary N) is 1. The smallest absolute Gasteiger partial charge is 0.280 e. The normalized spacial score (nSPS) is 12.3. The van der Waals surface area contributed by atoms with Crippen molar-refractivity contribution in [3.63, 3.8) is 0 Å². The van der Waals surface area contributed by atoms with Crippen molar-refractivity contribution in [1.82, 2.24) is 19.9 Å². The molecule has 0 aliphatic rings. The largest absolute Gasteiger partial charge is 0.349 e. The summed E-state index contributed by atoms with van der Waals surface area (Å²) in [4.78, 5) is 32.2. The highest BCUT2D eigenvalue weighted by Crippen LogP contribution is 2.30. The Hall–Kier alpha value is -3.20. The second kappa shape index (κ2) is 9.08. The number of hydrogen-bond donors (Lipinski definition) is 1. The number of aromatic nitrogens is 3. The number of nitrogens with zero attached hydrogens (tertiary/aromatic N) is 4. The first-order chi connectivity index (χ1) is 14.3. The van der Waals surface area contributed by atoms with E-state index in [9.17, 15) is 14.0 Å². The first-order valence-corrected chi connectivity index (χ1v) is 10.2. The lowest BCUT2D eigenvalue weighted by atomic mass is 9.99. The van der Waals surface area contributed by atoms with Crippen LogP contribution in [0.15, 0.2) is 54.2 Å². The van der Waals surface area contributed by atoms with E-state index in [1.165, 1.54) is 40.7 Å². The third-order valence-electron chi connectivity index (χ3n) is 4.75. The van der Waals surface area contributed by atoms with Crippen LogP contribution in [-0.2, 0) is 4.79 Å². The van der Waals surface area contributed by atoms with Crippen LogP contribution in [0.3, 0.4) is 0 Å². The van der Waals surface area contributed by atoms with E-state index in [-0.39, 0.29) is 11.6 Å². The summed E-state index contributed by atoms with van der Waals surface area (Å²) in [5.41, 5.74) is 0.480. The molecule has 9 heteroatoms. The number of anilines is 1. The lowest BCUT2D eigenvalue weighted by Crippen LogP contribution is -2.50. The molecule has 0 bridgehead atoms. The van der Waals surface area contributed by atoms with E-state index in [2.05, 4.69) is 19.9 Å². The van der Waals surface area contributed by atoms with Gasteiger partial charge < -0.3 is 5.32 Å². The predicted octanol–water partition coefficient (Wildman–Crippen LogP) is 3.77. The van der Waals surface area contributed by atoms with Crippen molar-refractivity contribution in [3.05, 3.63) is 71.2 Å². The van der Waals surface area contributed by atoms with Gasteiger partial charge in [0.2, 0.25) is 5.91 Å². The average Bonchev–Trinajstić information content (AvgIpc) is 3.27. The molecule has 2 amide bonds. The summed E-state index contributed by atoms with van der Waals surface area (Å²) < 4.78 is 17.3. The van der Waals surface area contributed by atoms with Gasteiger partial charge in [-0.3, -0.25) is 19.5 Å². The summed E-state index contributed by atoms with van der Waals surface area (Å²) in [7, 11) is 0. The van der Waals surface area contributed by atoms with Gasteiger partial charge in [-0.15, -0.1) is 5.10 Å². The predicted molar refractivity (Wildman–Crippen MR) is 113 cm³/mol. The maximum Gasteiger partial charge on any atom is 0.280 e. The highest BCUT2D eigenvalue weighted by Gasteiger charge is 2.36. The molecule has 2 aromatic heterocycles. The fourth-order valence-electron chi connectivity index (χ4n) is 2.81. The molecule has 1 N–H and O–H groups in total. The molecule has 3 rings (SSSR count). The van der Waals surface area contributed by atoms with Crippen LogP contribution in [0.1, 0.15) is 49.3 Å². The third kappa shape index (κ3) is 4.85. The zero-order valence-electron chi connectivity index (χ0n) is 16.9. The van der Waals surface area contributed by atoms with Crippen molar-refractivity contribution in [3.8, 4) is 0 Å². The third-order valence-corrected chi connectivity index (χ3v) is 5.26. The van der Waals surface area contributed by atoms with Gasteiger partial charge in [-0.25, -0.2) is 4.39 Å². The second-order valence-electron chi connectivity index (χ2n) is 7.36. The quantitative estimate of drug-likeness (QED) is 0.620. The molecule has 0 unspecified atom stereocenters. The summed E-state index contributed by atoms with van der Waals surface area (Å²) >= 11 is 1.03. The van der Waals surface area contributed by atoms with E-state index in [4.69, 9.17) is 0 Å². The minimum absolute atomic E-state index is 0.0979. The highest BCUT2D eigenvalue weighted by atomic mass is 32.1. The van der Waals surface area contributed by atoms with Gasteiger partial charge in [0.15, 0.2) is 5.69 Å². The van der Waals surface area contributed by atoms with Crippen molar-refractivity contribution in [2.45, 2.75) is 38.8 Å². The van der Waals surface area contributed by atoms with Gasteiger partial charge in [-0.05, 0) is 62.1 Å². The fourth-order valence-corrected chi connectivity index (χ4v) is 3.24. The average molecular weight is 428 g/mol. The van der Waals surface area contributed by atoms with E-state index in [1.54, 1.807) is 18.3 Å². The second-order valence-corrected chi connectivity index (χ2v) is 7.97. The topological polar surface area (TPSA) is 88.1 Å². The molecular formula is C21H22FN5O2S. The number of amides is 2. The van der Waals surface area contributed by atoms with E-state index in [1.807, 2.05) is 20.8 Å². The fraction of sp³-hybridized carbons (Fsp3) is 0.286. The number of rotatable bonds is 7. The monoisotopic (exact) mass is 427 g/mol. The minimum atomic E-state index is -1.04. The maximum atomic E-state index is 13.6. The summed E-state index contributed by atoms with van der Waals surface area (Å²) in [6.07, 6.45) is 3.81. The van der Waals surface area contributed by atoms with Gasteiger partial charge in [0.1, 0.15) is 11.9 Å². The van der Waals surface area contributed by atoms with E-state index in [0.717, 1.165) is 11.5 Å². The molecule has 2 heterocycles. The van der Waals surface area contributed by atoms with Crippen LogP contribution >= 0.6 is 11.5 Å². The first kappa shape index (κ1) is 21.5. The summed E-state index contributed by atoms with van der Waals surface area (Å²) in [5, 5.41) is 8.37. The Kier molecular flexibility index (Phi) is 6.51. The number of pyridine rings is 1. The number of benzene rings is 1. The number of carbonyl (C=O) groups excluding carboxylic acids is 2. The maximum absolute atomic E-state index is 13.6. The molecule has 3 aromatic rings. The van der Waals surface area contributed by atoms with Crippen LogP contribution in [0.2, 0.25) is 0 Å². The highest BCUT2D eigenvalue weighted by molar-refractivity contribution is 7.03. The standard InChI is InChI=1S/C21H22FN5O2S/c1-4-21(2,3)24-19(28)18(14-6-5-11-23-12-14)27(16-9-7-15(22)8-10-16)20(29)17-13-30-26-25-17/h5-13,18H,4H2,1-3H3,(H,24,28)/t18-/m0/s1. The zero-order chi connectivity index (χ0) is 21.7. The Bertz CT molecular complexity index is 994. The molecule has 0 saturated heterocycles. The lowest BCUT2D eigenvalue weighted by molar-refractivity contribution is -0.124. The molecule has 0 aliphatic carbocycles. The molecule has 0 spiro atoms.